The summed E-state index contributed by atoms with van der Waals surface area (Å²) in [5.74, 6) is 0.0890. The number of sulfonamides is 1. The Morgan fingerprint density at radius 3 is 2.37 bits per heavy atom. The van der Waals surface area contributed by atoms with Crippen LogP contribution in [0.1, 0.15) is 24.9 Å². The van der Waals surface area contributed by atoms with Crippen molar-refractivity contribution in [1.82, 2.24) is 14.8 Å². The summed E-state index contributed by atoms with van der Waals surface area (Å²) >= 11 is 1.22. The molecule has 2 aliphatic heterocycles. The third-order valence-electron chi connectivity index (χ3n) is 6.91. The van der Waals surface area contributed by atoms with Crippen molar-refractivity contribution in [1.29, 1.82) is 0 Å². The number of aromatic nitrogens is 1. The summed E-state index contributed by atoms with van der Waals surface area (Å²) in [5.41, 5.74) is 2.04. The predicted molar refractivity (Wildman–Crippen MR) is 138 cm³/mol. The van der Waals surface area contributed by atoms with E-state index in [-0.39, 0.29) is 16.8 Å². The Kier molecular flexibility index (Phi) is 6.88. The number of hydrogen-bond donors (Lipinski definition) is 1. The maximum Gasteiger partial charge on any atom is 0.263 e. The zero-order chi connectivity index (χ0) is 24.4. The van der Waals surface area contributed by atoms with Crippen LogP contribution in [-0.2, 0) is 14.8 Å². The number of carbonyl (C=O) groups is 1. The molecule has 10 heteroatoms. The molecule has 184 valence electrons. The maximum atomic E-state index is 13.3. The first-order valence-corrected chi connectivity index (χ1v) is 14.2. The molecule has 0 saturated carbocycles. The highest BCUT2D eigenvalue weighted by Gasteiger charge is 2.38. The van der Waals surface area contributed by atoms with Gasteiger partial charge in [0, 0.05) is 56.0 Å². The number of nitrogens with zero attached hydrogens (tertiary/aromatic N) is 4. The number of piperazine rings is 1. The van der Waals surface area contributed by atoms with Crippen molar-refractivity contribution in [2.45, 2.75) is 30.3 Å². The molecule has 0 bridgehead atoms. The van der Waals surface area contributed by atoms with Gasteiger partial charge in [-0.05, 0) is 43.2 Å². The summed E-state index contributed by atoms with van der Waals surface area (Å²) < 4.78 is 27.6. The number of thiazole rings is 1. The molecule has 1 unspecified atom stereocenters. The van der Waals surface area contributed by atoms with Gasteiger partial charge in [-0.1, -0.05) is 30.3 Å². The lowest BCUT2D eigenvalue weighted by Gasteiger charge is -2.40. The Labute approximate surface area is 210 Å². The van der Waals surface area contributed by atoms with Crippen molar-refractivity contribution in [3.63, 3.8) is 0 Å². The molecule has 2 aromatic carbocycles. The third kappa shape index (κ3) is 5.11. The molecule has 5 rings (SSSR count). The second kappa shape index (κ2) is 10.1. The number of rotatable bonds is 7. The monoisotopic (exact) mass is 511 g/mol. The second-order valence-electron chi connectivity index (χ2n) is 8.89. The van der Waals surface area contributed by atoms with Crippen LogP contribution in [0.5, 0.6) is 0 Å². The highest BCUT2D eigenvalue weighted by atomic mass is 32.2. The van der Waals surface area contributed by atoms with E-state index in [2.05, 4.69) is 50.7 Å². The zero-order valence-corrected chi connectivity index (χ0v) is 21.2. The molecule has 0 radical (unpaired) electrons. The minimum atomic E-state index is -3.72. The quantitative estimate of drug-likeness (QED) is 0.523. The highest BCUT2D eigenvalue weighted by molar-refractivity contribution is 7.93. The van der Waals surface area contributed by atoms with E-state index in [0.29, 0.717) is 17.7 Å². The summed E-state index contributed by atoms with van der Waals surface area (Å²) in [4.78, 5) is 23.9. The molecule has 2 atom stereocenters. The number of benzene rings is 2. The van der Waals surface area contributed by atoms with Crippen LogP contribution in [0.25, 0.3) is 0 Å². The molecular formula is C25H29N5O3S2. The number of hydrogen-bond acceptors (Lipinski definition) is 7. The van der Waals surface area contributed by atoms with Gasteiger partial charge in [-0.2, -0.15) is 0 Å². The summed E-state index contributed by atoms with van der Waals surface area (Å²) in [7, 11) is -3.72. The van der Waals surface area contributed by atoms with Gasteiger partial charge in [0.05, 0.1) is 10.9 Å². The molecule has 2 saturated heterocycles. The van der Waals surface area contributed by atoms with E-state index in [1.807, 2.05) is 6.07 Å². The largest absolute Gasteiger partial charge is 0.311 e. The van der Waals surface area contributed by atoms with E-state index in [1.165, 1.54) is 29.0 Å². The molecule has 2 fully saturated rings. The lowest BCUT2D eigenvalue weighted by Crippen LogP contribution is -2.52. The Bertz CT molecular complexity index is 1240. The Balaban J connectivity index is 1.19. The molecule has 1 amide bonds. The standard InChI is InChI=1S/C25H29N5O3S2/c1-19(20-5-3-2-4-6-20)28-14-16-29(17-15-28)23-11-13-30(24(23)31)21-7-9-22(10-8-21)35(32,33)27-25-26-12-18-34-25/h2-10,12,18-19,23H,11,13-17H2,1H3,(H,26,27)/t19-,23?/m0/s1. The smallest absolute Gasteiger partial charge is 0.263 e. The molecular weight excluding hydrogens is 482 g/mol. The number of amides is 1. The van der Waals surface area contributed by atoms with Crippen LogP contribution in [0, 0.1) is 0 Å². The van der Waals surface area contributed by atoms with Gasteiger partial charge in [0.15, 0.2) is 5.13 Å². The maximum absolute atomic E-state index is 13.3. The summed E-state index contributed by atoms with van der Waals surface area (Å²) in [6.45, 7) is 6.45. The van der Waals surface area contributed by atoms with Crippen molar-refractivity contribution in [3.8, 4) is 0 Å². The number of nitrogens with one attached hydrogen (secondary N) is 1. The number of anilines is 2. The minimum Gasteiger partial charge on any atom is -0.311 e. The van der Waals surface area contributed by atoms with Crippen LogP contribution >= 0.6 is 11.3 Å². The fraction of sp³-hybridized carbons (Fsp3) is 0.360. The van der Waals surface area contributed by atoms with E-state index in [9.17, 15) is 13.2 Å². The molecule has 1 aromatic heterocycles. The van der Waals surface area contributed by atoms with Crippen LogP contribution in [0.15, 0.2) is 71.1 Å². The van der Waals surface area contributed by atoms with E-state index >= 15 is 0 Å². The molecule has 0 aliphatic carbocycles. The van der Waals surface area contributed by atoms with Crippen LogP contribution in [0.3, 0.4) is 0 Å². The Morgan fingerprint density at radius 1 is 1.00 bits per heavy atom. The van der Waals surface area contributed by atoms with Crippen LogP contribution in [0.2, 0.25) is 0 Å². The lowest BCUT2D eigenvalue weighted by molar-refractivity contribution is -0.122. The predicted octanol–water partition coefficient (Wildman–Crippen LogP) is 3.43. The molecule has 35 heavy (non-hydrogen) atoms. The number of carbonyl (C=O) groups excluding carboxylic acids is 1. The Morgan fingerprint density at radius 2 is 1.71 bits per heavy atom. The molecule has 3 aromatic rings. The van der Waals surface area contributed by atoms with Gasteiger partial charge in [0.2, 0.25) is 5.91 Å². The first-order chi connectivity index (χ1) is 16.9. The molecule has 3 heterocycles. The van der Waals surface area contributed by atoms with Crippen molar-refractivity contribution < 1.29 is 13.2 Å². The van der Waals surface area contributed by atoms with Crippen molar-refractivity contribution in [2.24, 2.45) is 0 Å². The van der Waals surface area contributed by atoms with Gasteiger partial charge in [-0.15, -0.1) is 11.3 Å². The van der Waals surface area contributed by atoms with Gasteiger partial charge in [-0.3, -0.25) is 19.3 Å². The van der Waals surface area contributed by atoms with E-state index in [0.717, 1.165) is 38.3 Å². The van der Waals surface area contributed by atoms with Crippen LogP contribution < -0.4 is 9.62 Å². The van der Waals surface area contributed by atoms with Crippen molar-refractivity contribution in [3.05, 3.63) is 71.7 Å². The summed E-state index contributed by atoms with van der Waals surface area (Å²) in [5, 5.41) is 2.03. The van der Waals surface area contributed by atoms with Crippen LogP contribution in [-0.4, -0.2) is 67.9 Å². The topological polar surface area (TPSA) is 85.8 Å². The molecule has 1 N–H and O–H groups in total. The normalized spacial score (nSPS) is 20.8. The Hall–Kier alpha value is -2.79. The van der Waals surface area contributed by atoms with Gasteiger partial charge < -0.3 is 4.90 Å². The van der Waals surface area contributed by atoms with Crippen molar-refractivity contribution >= 4 is 38.1 Å². The first-order valence-electron chi connectivity index (χ1n) is 11.8. The van der Waals surface area contributed by atoms with Crippen LogP contribution in [0.4, 0.5) is 10.8 Å². The molecule has 0 spiro atoms. The molecule has 8 nitrogen and oxygen atoms in total. The van der Waals surface area contributed by atoms with Gasteiger partial charge in [-0.25, -0.2) is 13.4 Å². The van der Waals surface area contributed by atoms with E-state index < -0.39 is 10.0 Å². The lowest BCUT2D eigenvalue weighted by atomic mass is 10.1. The average molecular weight is 512 g/mol. The second-order valence-corrected chi connectivity index (χ2v) is 11.5. The average Bonchev–Trinajstić information content (AvgIpc) is 3.53. The summed E-state index contributed by atoms with van der Waals surface area (Å²) in [6.07, 6.45) is 2.32. The highest BCUT2D eigenvalue weighted by Crippen LogP contribution is 2.28. The van der Waals surface area contributed by atoms with E-state index in [1.54, 1.807) is 28.6 Å². The van der Waals surface area contributed by atoms with E-state index in [4.69, 9.17) is 0 Å². The van der Waals surface area contributed by atoms with Gasteiger partial charge in [0.25, 0.3) is 10.0 Å². The third-order valence-corrected chi connectivity index (χ3v) is 9.08. The van der Waals surface area contributed by atoms with Gasteiger partial charge >= 0.3 is 0 Å². The first kappa shape index (κ1) is 23.9. The SMILES string of the molecule is C[C@@H](c1ccccc1)N1CCN(C2CCN(c3ccc(S(=O)(=O)Nc4nccs4)cc3)C2=O)CC1. The summed E-state index contributed by atoms with van der Waals surface area (Å²) in [6, 6.07) is 17.2. The van der Waals surface area contributed by atoms with Crippen molar-refractivity contribution in [2.75, 3.05) is 42.3 Å². The fourth-order valence-corrected chi connectivity index (χ4v) is 6.68. The minimum absolute atomic E-state index is 0.0890. The van der Waals surface area contributed by atoms with Gasteiger partial charge in [0.1, 0.15) is 0 Å². The zero-order valence-electron chi connectivity index (χ0n) is 19.6. The fourth-order valence-electron chi connectivity index (χ4n) is 4.89. The molecule has 2 aliphatic rings.